The van der Waals surface area contributed by atoms with E-state index in [0.29, 0.717) is 17.2 Å². The van der Waals surface area contributed by atoms with E-state index < -0.39 is 7.92 Å². The molecule has 3 aromatic rings. The van der Waals surface area contributed by atoms with Crippen molar-refractivity contribution in [3.05, 3.63) is 72.8 Å². The van der Waals surface area contributed by atoms with Crippen molar-refractivity contribution in [1.82, 2.24) is 0 Å². The summed E-state index contributed by atoms with van der Waals surface area (Å²) in [5.41, 5.74) is 0. The van der Waals surface area contributed by atoms with Crippen molar-refractivity contribution in [2.75, 3.05) is 0 Å². The Kier molecular flexibility index (Phi) is 6.06. The van der Waals surface area contributed by atoms with Crippen LogP contribution >= 0.6 is 7.92 Å². The zero-order chi connectivity index (χ0) is 19.8. The molecule has 0 atom stereocenters. The van der Waals surface area contributed by atoms with E-state index in [2.05, 4.69) is 0 Å². The second-order valence-corrected chi connectivity index (χ2v) is 7.62. The monoisotopic (exact) mass is 385 g/mol. The third kappa shape index (κ3) is 4.37. The van der Waals surface area contributed by atoms with Gasteiger partial charge in [0.1, 0.15) is 17.2 Å². The highest BCUT2D eigenvalue weighted by Gasteiger charge is 2.17. The molecule has 6 nitrogen and oxygen atoms in total. The summed E-state index contributed by atoms with van der Waals surface area (Å²) in [6.07, 6.45) is 4.97. The average molecular weight is 385 g/mol. The van der Waals surface area contributed by atoms with Gasteiger partial charge >= 0.3 is 0 Å². The molecule has 0 aliphatic rings. The predicted molar refractivity (Wildman–Crippen MR) is 104 cm³/mol. The molecule has 0 unspecified atom stereocenters. The van der Waals surface area contributed by atoms with E-state index in [9.17, 15) is 0 Å². The minimum absolute atomic E-state index is 0.469. The second-order valence-electron chi connectivity index (χ2n) is 5.40. The molecule has 134 valence electrons. The first-order valence-electron chi connectivity index (χ1n) is 8.03. The van der Waals surface area contributed by atoms with E-state index >= 15 is 0 Å². The van der Waals surface area contributed by atoms with Crippen molar-refractivity contribution < 1.29 is 14.2 Å². The molecule has 0 aromatic heterocycles. The molecule has 28 heavy (non-hydrogen) atoms. The lowest BCUT2D eigenvalue weighted by Gasteiger charge is -2.19. The van der Waals surface area contributed by atoms with Gasteiger partial charge in [0.25, 0.3) is 18.8 Å². The Balaban J connectivity index is 2.01. The molecule has 0 radical (unpaired) electrons. The van der Waals surface area contributed by atoms with E-state index in [1.54, 1.807) is 55.2 Å². The number of nitrogens with zero attached hydrogens (tertiary/aromatic N) is 3. The van der Waals surface area contributed by atoms with Crippen LogP contribution < -0.4 is 30.1 Å². The van der Waals surface area contributed by atoms with Crippen LogP contribution in [0.1, 0.15) is 0 Å². The fraction of sp³-hybridized carbons (Fsp3) is 0. The quantitative estimate of drug-likeness (QED) is 0.478. The van der Waals surface area contributed by atoms with Gasteiger partial charge in [-0.05, 0) is 60.2 Å². The minimum Gasteiger partial charge on any atom is -0.388 e. The largest absolute Gasteiger partial charge is 0.388 e. The van der Waals surface area contributed by atoms with Crippen LogP contribution in [0.3, 0.4) is 0 Å². The fourth-order valence-corrected chi connectivity index (χ4v) is 4.83. The summed E-state index contributed by atoms with van der Waals surface area (Å²) in [6.45, 7) is 0. The maximum absolute atomic E-state index is 8.66. The lowest BCUT2D eigenvalue weighted by Crippen LogP contribution is -2.20. The van der Waals surface area contributed by atoms with Crippen LogP contribution in [0.5, 0.6) is 17.2 Å². The lowest BCUT2D eigenvalue weighted by molar-refractivity contribution is 0.507. The molecule has 0 N–H and O–H groups in total. The summed E-state index contributed by atoms with van der Waals surface area (Å²) < 4.78 is 14.6. The molecule has 0 aliphatic heterocycles. The molecular formula is C21H12N3O3P. The Morgan fingerprint density at radius 3 is 0.929 bits per heavy atom. The van der Waals surface area contributed by atoms with Crippen molar-refractivity contribution in [2.24, 2.45) is 0 Å². The number of ether oxygens (including phenoxy) is 3. The summed E-state index contributed by atoms with van der Waals surface area (Å²) >= 11 is 0. The normalized spacial score (nSPS) is 9.64. The van der Waals surface area contributed by atoms with Crippen molar-refractivity contribution >= 4 is 23.8 Å². The molecule has 3 aromatic carbocycles. The lowest BCUT2D eigenvalue weighted by atomic mass is 10.3. The maximum Gasteiger partial charge on any atom is 0.292 e. The van der Waals surface area contributed by atoms with Gasteiger partial charge in [-0.25, -0.2) is 0 Å². The summed E-state index contributed by atoms with van der Waals surface area (Å²) in [5, 5.41) is 29.1. The highest BCUT2D eigenvalue weighted by Crippen LogP contribution is 2.34. The van der Waals surface area contributed by atoms with Gasteiger partial charge < -0.3 is 14.2 Å². The molecular weight excluding hydrogens is 373 g/mol. The summed E-state index contributed by atoms with van der Waals surface area (Å²) in [6, 6.07) is 22.0. The van der Waals surface area contributed by atoms with Gasteiger partial charge in [0.15, 0.2) is 0 Å². The molecule has 0 amide bonds. The number of hydrogen-bond donors (Lipinski definition) is 0. The summed E-state index contributed by atoms with van der Waals surface area (Å²) in [7, 11) is -0.926. The standard InChI is InChI=1S/C21H12N3O3P/c22-13-25-16-1-7-19(8-2-16)28(20-9-3-17(4-10-20)26-14-23)21-11-5-18(6-12-21)27-15-24/h1-12H. The minimum atomic E-state index is -0.926. The van der Waals surface area contributed by atoms with Gasteiger partial charge in [0.05, 0.1) is 0 Å². The van der Waals surface area contributed by atoms with Crippen molar-refractivity contribution in [2.45, 2.75) is 0 Å². The number of hydrogen-bond acceptors (Lipinski definition) is 6. The Bertz CT molecular complexity index is 919. The van der Waals surface area contributed by atoms with Gasteiger partial charge in [-0.1, -0.05) is 36.4 Å². The van der Waals surface area contributed by atoms with Gasteiger partial charge in [-0.2, -0.15) is 0 Å². The Hall–Kier alpha value is -4.04. The first kappa shape index (κ1) is 18.7. The molecule has 3 rings (SSSR count). The van der Waals surface area contributed by atoms with Crippen molar-refractivity contribution in [3.63, 3.8) is 0 Å². The molecule has 7 heteroatoms. The van der Waals surface area contributed by atoms with Gasteiger partial charge in [-0.15, -0.1) is 15.8 Å². The van der Waals surface area contributed by atoms with E-state index in [-0.39, 0.29) is 0 Å². The van der Waals surface area contributed by atoms with Gasteiger partial charge in [0.2, 0.25) is 0 Å². The highest BCUT2D eigenvalue weighted by molar-refractivity contribution is 7.79. The van der Waals surface area contributed by atoms with Crippen molar-refractivity contribution in [1.29, 1.82) is 15.8 Å². The average Bonchev–Trinajstić information content (AvgIpc) is 2.73. The van der Waals surface area contributed by atoms with Crippen LogP contribution in [0.15, 0.2) is 72.8 Å². The van der Waals surface area contributed by atoms with Crippen LogP contribution in [0, 0.1) is 34.6 Å². The third-order valence-electron chi connectivity index (χ3n) is 3.78. The summed E-state index contributed by atoms with van der Waals surface area (Å²) in [4.78, 5) is 0. The van der Waals surface area contributed by atoms with E-state index in [4.69, 9.17) is 30.0 Å². The predicted octanol–water partition coefficient (Wildman–Crippen LogP) is 3.02. The van der Waals surface area contributed by atoms with Crippen LogP contribution in [-0.2, 0) is 0 Å². The van der Waals surface area contributed by atoms with Crippen LogP contribution in [0.25, 0.3) is 0 Å². The molecule has 0 saturated heterocycles. The zero-order valence-electron chi connectivity index (χ0n) is 14.4. The maximum atomic E-state index is 8.66. The van der Waals surface area contributed by atoms with E-state index in [1.165, 1.54) is 0 Å². The number of nitriles is 3. The Morgan fingerprint density at radius 1 is 0.464 bits per heavy atom. The molecule has 0 saturated carbocycles. The van der Waals surface area contributed by atoms with Crippen LogP contribution in [-0.4, -0.2) is 0 Å². The molecule has 0 fully saturated rings. The Labute approximate surface area is 163 Å². The third-order valence-corrected chi connectivity index (χ3v) is 6.22. The van der Waals surface area contributed by atoms with E-state index in [1.807, 2.05) is 36.4 Å². The first-order chi connectivity index (χ1) is 13.7. The van der Waals surface area contributed by atoms with Crippen LogP contribution in [0.2, 0.25) is 0 Å². The smallest absolute Gasteiger partial charge is 0.292 e. The molecule has 0 aliphatic carbocycles. The fourth-order valence-electron chi connectivity index (χ4n) is 2.60. The molecule has 0 spiro atoms. The van der Waals surface area contributed by atoms with Gasteiger partial charge in [0, 0.05) is 0 Å². The molecule has 0 bridgehead atoms. The summed E-state index contributed by atoms with van der Waals surface area (Å²) in [5.74, 6) is 1.41. The SMILES string of the molecule is N#COc1ccc(P(c2ccc(OC#N)cc2)c2ccc(OC#N)cc2)cc1. The number of benzene rings is 3. The molecule has 0 heterocycles. The van der Waals surface area contributed by atoms with Crippen LogP contribution in [0.4, 0.5) is 0 Å². The number of rotatable bonds is 6. The zero-order valence-corrected chi connectivity index (χ0v) is 15.3. The Morgan fingerprint density at radius 2 is 0.714 bits per heavy atom. The van der Waals surface area contributed by atoms with E-state index in [0.717, 1.165) is 15.9 Å². The topological polar surface area (TPSA) is 99.1 Å². The van der Waals surface area contributed by atoms with Crippen molar-refractivity contribution in [3.8, 4) is 36.0 Å². The van der Waals surface area contributed by atoms with Gasteiger partial charge in [-0.3, -0.25) is 0 Å². The first-order valence-corrected chi connectivity index (χ1v) is 9.37. The second kappa shape index (κ2) is 9.06. The highest BCUT2D eigenvalue weighted by atomic mass is 31.1.